The number of aromatic nitrogens is 1. The smallest absolute Gasteiger partial charge is 0.375 e. The zero-order valence-electron chi connectivity index (χ0n) is 6.71. The van der Waals surface area contributed by atoms with Crippen LogP contribution in [-0.4, -0.2) is 21.2 Å². The van der Waals surface area contributed by atoms with Gasteiger partial charge in [0.1, 0.15) is 0 Å². The number of nitrogens with two attached hydrogens (primary N) is 1. The van der Waals surface area contributed by atoms with Gasteiger partial charge in [0.25, 0.3) is 0 Å². The fourth-order valence-corrected chi connectivity index (χ4v) is 1.23. The van der Waals surface area contributed by atoms with E-state index in [-0.39, 0.29) is 10.2 Å². The summed E-state index contributed by atoms with van der Waals surface area (Å²) in [6.07, 6.45) is 2.69. The lowest BCUT2D eigenvalue weighted by Crippen LogP contribution is -2.23. The molecule has 0 atom stereocenters. The van der Waals surface area contributed by atoms with Gasteiger partial charge in [-0.1, -0.05) is 0 Å². The molecule has 1 aromatic heterocycles. The molecule has 9 heteroatoms. The average Bonchev–Trinajstić information content (AvgIpc) is 2.52. The lowest BCUT2D eigenvalue weighted by molar-refractivity contribution is -0.384. The van der Waals surface area contributed by atoms with Gasteiger partial charge in [0, 0.05) is 0 Å². The number of rotatable bonds is 3. The average molecular weight is 231 g/mol. The normalized spacial score (nSPS) is 10.3. The Bertz CT molecular complexity index is 387. The highest BCUT2D eigenvalue weighted by Gasteiger charge is 2.10. The minimum absolute atomic E-state index is 0.0280. The third kappa shape index (κ3) is 3.03. The highest BCUT2D eigenvalue weighted by atomic mass is 32.1. The van der Waals surface area contributed by atoms with Gasteiger partial charge < -0.3 is 15.8 Å². The second-order valence-electron chi connectivity index (χ2n) is 2.04. The van der Waals surface area contributed by atoms with Crippen LogP contribution in [0.4, 0.5) is 5.13 Å². The van der Waals surface area contributed by atoms with Crippen LogP contribution in [0.15, 0.2) is 11.3 Å². The zero-order valence-corrected chi connectivity index (χ0v) is 8.34. The van der Waals surface area contributed by atoms with Crippen molar-refractivity contribution >= 4 is 40.0 Å². The highest BCUT2D eigenvalue weighted by molar-refractivity contribution is 7.80. The number of nitrogens with one attached hydrogen (secondary N) is 1. The first-order chi connectivity index (χ1) is 6.59. The van der Waals surface area contributed by atoms with Crippen LogP contribution in [0.2, 0.25) is 0 Å². The van der Waals surface area contributed by atoms with Gasteiger partial charge >= 0.3 is 5.13 Å². The van der Waals surface area contributed by atoms with Crippen molar-refractivity contribution in [3.63, 3.8) is 0 Å². The number of nitrogens with zero attached hydrogens (tertiary/aromatic N) is 3. The first kappa shape index (κ1) is 10.5. The summed E-state index contributed by atoms with van der Waals surface area (Å²) in [6.45, 7) is 0. The van der Waals surface area contributed by atoms with Crippen LogP contribution in [0.1, 0.15) is 4.88 Å². The van der Waals surface area contributed by atoms with Crippen LogP contribution in [0.5, 0.6) is 0 Å². The van der Waals surface area contributed by atoms with E-state index in [0.29, 0.717) is 4.88 Å². The largest absolute Gasteiger partial charge is 0.423 e. The molecule has 1 rings (SSSR count). The molecule has 0 aliphatic rings. The van der Waals surface area contributed by atoms with E-state index < -0.39 is 4.92 Å². The monoisotopic (exact) mass is 231 g/mol. The molecule has 0 saturated heterocycles. The third-order valence-corrected chi connectivity index (χ3v) is 2.01. The highest BCUT2D eigenvalue weighted by Crippen LogP contribution is 2.17. The Morgan fingerprint density at radius 3 is 3.14 bits per heavy atom. The molecule has 0 aliphatic carbocycles. The van der Waals surface area contributed by atoms with Crippen molar-refractivity contribution in [3.8, 4) is 0 Å². The summed E-state index contributed by atoms with van der Waals surface area (Å²) in [5.41, 5.74) is 7.42. The fraction of sp³-hybridized carbons (Fsp3) is 0. The Hall–Kier alpha value is -1.61. The van der Waals surface area contributed by atoms with E-state index in [0.717, 1.165) is 11.3 Å². The number of nitro groups is 1. The van der Waals surface area contributed by atoms with Crippen molar-refractivity contribution in [3.05, 3.63) is 21.2 Å². The molecule has 0 radical (unpaired) electrons. The molecule has 14 heavy (non-hydrogen) atoms. The van der Waals surface area contributed by atoms with E-state index in [1.807, 2.05) is 0 Å². The quantitative estimate of drug-likeness (QED) is 0.333. The minimum Gasteiger partial charge on any atom is -0.375 e. The summed E-state index contributed by atoms with van der Waals surface area (Å²) < 4.78 is 0. The molecule has 0 spiro atoms. The van der Waals surface area contributed by atoms with Gasteiger partial charge in [-0.05, 0) is 33.5 Å². The number of thiazole rings is 1. The summed E-state index contributed by atoms with van der Waals surface area (Å²) in [7, 11) is 0. The summed E-state index contributed by atoms with van der Waals surface area (Å²) >= 11 is 5.40. The van der Waals surface area contributed by atoms with Crippen molar-refractivity contribution in [2.75, 3.05) is 0 Å². The molecule has 0 fully saturated rings. The molecule has 0 aromatic carbocycles. The van der Waals surface area contributed by atoms with E-state index in [1.165, 1.54) is 12.4 Å². The summed E-state index contributed by atoms with van der Waals surface area (Å²) in [5, 5.41) is 13.7. The van der Waals surface area contributed by atoms with Crippen molar-refractivity contribution in [1.29, 1.82) is 0 Å². The number of hydrogen-bond donors (Lipinski definition) is 2. The number of hydrogen-bond acceptors (Lipinski definition) is 6. The molecular formula is C5H5N5O2S2. The molecule has 1 aromatic rings. The van der Waals surface area contributed by atoms with Crippen molar-refractivity contribution in [2.45, 2.75) is 0 Å². The van der Waals surface area contributed by atoms with Crippen LogP contribution in [0.3, 0.4) is 0 Å². The Labute approximate surface area is 87.8 Å². The van der Waals surface area contributed by atoms with E-state index in [4.69, 9.17) is 5.73 Å². The van der Waals surface area contributed by atoms with Gasteiger partial charge in [0.05, 0.1) is 11.1 Å². The Kier molecular flexibility index (Phi) is 3.42. The molecule has 0 saturated carbocycles. The maximum Gasteiger partial charge on any atom is 0.423 e. The minimum atomic E-state index is -0.566. The van der Waals surface area contributed by atoms with Gasteiger partial charge in [-0.2, -0.15) is 5.10 Å². The zero-order chi connectivity index (χ0) is 10.6. The van der Waals surface area contributed by atoms with E-state index in [1.54, 1.807) is 0 Å². The predicted octanol–water partition coefficient (Wildman–Crippen LogP) is 0.218. The Balaban J connectivity index is 2.64. The Morgan fingerprint density at radius 1 is 1.93 bits per heavy atom. The SMILES string of the molecule is NC(=S)N/N=C/c1cnc([N+](=O)[O-])s1. The molecule has 0 unspecified atom stereocenters. The van der Waals surface area contributed by atoms with Gasteiger partial charge in [0.15, 0.2) is 11.3 Å². The summed E-state index contributed by atoms with van der Waals surface area (Å²) in [5.74, 6) is 0. The van der Waals surface area contributed by atoms with E-state index in [2.05, 4.69) is 27.7 Å². The maximum atomic E-state index is 10.2. The van der Waals surface area contributed by atoms with Crippen LogP contribution in [0.25, 0.3) is 0 Å². The third-order valence-electron chi connectivity index (χ3n) is 1.03. The van der Waals surface area contributed by atoms with Crippen LogP contribution >= 0.6 is 23.6 Å². The predicted molar refractivity (Wildman–Crippen MR) is 56.3 cm³/mol. The van der Waals surface area contributed by atoms with Crippen molar-refractivity contribution in [2.24, 2.45) is 10.8 Å². The Morgan fingerprint density at radius 2 is 2.64 bits per heavy atom. The van der Waals surface area contributed by atoms with Crippen molar-refractivity contribution < 1.29 is 4.92 Å². The molecule has 0 amide bonds. The first-order valence-electron chi connectivity index (χ1n) is 3.28. The second-order valence-corrected chi connectivity index (χ2v) is 3.52. The molecule has 3 N–H and O–H groups in total. The number of hydrazone groups is 1. The van der Waals surface area contributed by atoms with E-state index >= 15 is 0 Å². The van der Waals surface area contributed by atoms with E-state index in [9.17, 15) is 10.1 Å². The molecular weight excluding hydrogens is 226 g/mol. The van der Waals surface area contributed by atoms with Crippen LogP contribution in [0, 0.1) is 10.1 Å². The van der Waals surface area contributed by atoms with Crippen molar-refractivity contribution in [1.82, 2.24) is 10.4 Å². The first-order valence-corrected chi connectivity index (χ1v) is 4.51. The standard InChI is InChI=1S/C5H5N5O2S2/c6-4(13)9-8-2-3-1-7-5(14-3)10(11)12/h1-2H,(H3,6,9,13)/b8-2+. The lowest BCUT2D eigenvalue weighted by atomic mass is 10.6. The second kappa shape index (κ2) is 4.58. The summed E-state index contributed by atoms with van der Waals surface area (Å²) in [4.78, 5) is 13.8. The van der Waals surface area contributed by atoms with Gasteiger partial charge in [-0.15, -0.1) is 0 Å². The maximum absolute atomic E-state index is 10.2. The van der Waals surface area contributed by atoms with Gasteiger partial charge in [-0.25, -0.2) is 0 Å². The van der Waals surface area contributed by atoms with Crippen LogP contribution in [-0.2, 0) is 0 Å². The molecule has 74 valence electrons. The van der Waals surface area contributed by atoms with Crippen LogP contribution < -0.4 is 11.2 Å². The molecule has 7 nitrogen and oxygen atoms in total. The fourth-order valence-electron chi connectivity index (χ4n) is 0.581. The molecule has 1 heterocycles. The molecule has 0 aliphatic heterocycles. The molecule has 0 bridgehead atoms. The lowest BCUT2D eigenvalue weighted by Gasteiger charge is -1.90. The van der Waals surface area contributed by atoms with Gasteiger partial charge in [0.2, 0.25) is 0 Å². The van der Waals surface area contributed by atoms with Gasteiger partial charge in [-0.3, -0.25) is 5.43 Å². The topological polar surface area (TPSA) is 106 Å². The number of thiocarbonyl (C=S) groups is 1. The summed E-state index contributed by atoms with van der Waals surface area (Å²) in [6, 6.07) is 0.